The third kappa shape index (κ3) is 2.93. The highest BCUT2D eigenvalue weighted by Crippen LogP contribution is 2.20. The zero-order valence-electron chi connectivity index (χ0n) is 11.3. The molecular formula is C14H19N3O2. The third-order valence-corrected chi connectivity index (χ3v) is 3.30. The van der Waals surface area contributed by atoms with E-state index in [1.54, 1.807) is 4.90 Å². The van der Waals surface area contributed by atoms with Crippen LogP contribution in [-0.2, 0) is 9.59 Å². The maximum atomic E-state index is 12.5. The highest BCUT2D eigenvalue weighted by Gasteiger charge is 2.28. The molecule has 2 rings (SSSR count). The number of carbonyl (C=O) groups excluding carboxylic acids is 2. The Hall–Kier alpha value is -1.88. The van der Waals surface area contributed by atoms with Gasteiger partial charge in [-0.2, -0.15) is 0 Å². The van der Waals surface area contributed by atoms with Crippen molar-refractivity contribution in [2.24, 2.45) is 0 Å². The number of carbonyl (C=O) groups is 2. The SMILES string of the molecule is CCN(C(=O)C1CNC(=O)CN1)c1ccccc1C. The number of nitrogens with zero attached hydrogens (tertiary/aromatic N) is 1. The third-order valence-electron chi connectivity index (χ3n) is 3.30. The van der Waals surface area contributed by atoms with Gasteiger partial charge in [0.05, 0.1) is 6.54 Å². The van der Waals surface area contributed by atoms with Crippen LogP contribution >= 0.6 is 0 Å². The second kappa shape index (κ2) is 5.84. The molecule has 0 radical (unpaired) electrons. The number of likely N-dealkylation sites (N-methyl/N-ethyl adjacent to an activating group) is 1. The van der Waals surface area contributed by atoms with Crippen LogP contribution in [0.15, 0.2) is 24.3 Å². The highest BCUT2D eigenvalue weighted by atomic mass is 16.2. The molecule has 2 amide bonds. The van der Waals surface area contributed by atoms with Crippen molar-refractivity contribution in [3.63, 3.8) is 0 Å². The minimum absolute atomic E-state index is 0.00296. The summed E-state index contributed by atoms with van der Waals surface area (Å²) in [6, 6.07) is 7.46. The average Bonchev–Trinajstić information content (AvgIpc) is 2.42. The molecule has 1 aliphatic heterocycles. The van der Waals surface area contributed by atoms with E-state index in [0.717, 1.165) is 11.3 Å². The lowest BCUT2D eigenvalue weighted by atomic mass is 10.1. The summed E-state index contributed by atoms with van der Waals surface area (Å²) in [5.74, 6) is -0.0696. The van der Waals surface area contributed by atoms with Gasteiger partial charge in [-0.05, 0) is 25.5 Å². The van der Waals surface area contributed by atoms with Crippen LogP contribution in [0.25, 0.3) is 0 Å². The number of rotatable bonds is 3. The van der Waals surface area contributed by atoms with Crippen LogP contribution in [0.5, 0.6) is 0 Å². The highest BCUT2D eigenvalue weighted by molar-refractivity contribution is 5.99. The van der Waals surface area contributed by atoms with Crippen LogP contribution in [0, 0.1) is 6.92 Å². The number of nitrogens with one attached hydrogen (secondary N) is 2. The summed E-state index contributed by atoms with van der Waals surface area (Å²) in [7, 11) is 0. The Morgan fingerprint density at radius 2 is 2.16 bits per heavy atom. The molecule has 0 spiro atoms. The number of hydrogen-bond acceptors (Lipinski definition) is 3. The summed E-state index contributed by atoms with van der Waals surface area (Å²) < 4.78 is 0. The first-order chi connectivity index (χ1) is 9.13. The van der Waals surface area contributed by atoms with Gasteiger partial charge in [0, 0.05) is 18.8 Å². The van der Waals surface area contributed by atoms with Crippen LogP contribution in [0.3, 0.4) is 0 Å². The van der Waals surface area contributed by atoms with E-state index >= 15 is 0 Å². The quantitative estimate of drug-likeness (QED) is 0.830. The Balaban J connectivity index is 2.16. The lowest BCUT2D eigenvalue weighted by Gasteiger charge is -2.30. The summed E-state index contributed by atoms with van der Waals surface area (Å²) in [5.41, 5.74) is 1.99. The Morgan fingerprint density at radius 1 is 1.42 bits per heavy atom. The zero-order chi connectivity index (χ0) is 13.8. The van der Waals surface area contributed by atoms with Crippen molar-refractivity contribution in [2.45, 2.75) is 19.9 Å². The van der Waals surface area contributed by atoms with Crippen LogP contribution < -0.4 is 15.5 Å². The molecule has 0 saturated carbocycles. The summed E-state index contributed by atoms with van der Waals surface area (Å²) >= 11 is 0. The largest absolute Gasteiger partial charge is 0.353 e. The number of anilines is 1. The maximum absolute atomic E-state index is 12.5. The monoisotopic (exact) mass is 261 g/mol. The van der Waals surface area contributed by atoms with Crippen LogP contribution in [0.1, 0.15) is 12.5 Å². The molecule has 1 saturated heterocycles. The van der Waals surface area contributed by atoms with Crippen molar-refractivity contribution in [1.82, 2.24) is 10.6 Å². The second-order valence-corrected chi connectivity index (χ2v) is 4.61. The molecule has 2 N–H and O–H groups in total. The second-order valence-electron chi connectivity index (χ2n) is 4.61. The number of benzene rings is 1. The van der Waals surface area contributed by atoms with E-state index in [4.69, 9.17) is 0 Å². The molecule has 1 atom stereocenters. The van der Waals surface area contributed by atoms with E-state index in [0.29, 0.717) is 13.1 Å². The summed E-state index contributed by atoms with van der Waals surface area (Å²) in [6.45, 7) is 5.09. The first-order valence-electron chi connectivity index (χ1n) is 6.50. The molecule has 1 aromatic rings. The van der Waals surface area contributed by atoms with E-state index in [1.165, 1.54) is 0 Å². The van der Waals surface area contributed by atoms with E-state index < -0.39 is 0 Å². The minimum Gasteiger partial charge on any atom is -0.353 e. The number of amides is 2. The van der Waals surface area contributed by atoms with Crippen molar-refractivity contribution in [3.8, 4) is 0 Å². The van der Waals surface area contributed by atoms with E-state index in [1.807, 2.05) is 38.1 Å². The minimum atomic E-state index is -0.350. The predicted octanol–water partition coefficient (Wildman–Crippen LogP) is 0.436. The molecule has 0 aromatic heterocycles. The number of piperazine rings is 1. The van der Waals surface area contributed by atoms with Crippen molar-refractivity contribution in [1.29, 1.82) is 0 Å². The fraction of sp³-hybridized carbons (Fsp3) is 0.429. The molecule has 1 unspecified atom stereocenters. The lowest BCUT2D eigenvalue weighted by molar-refractivity contribution is -0.125. The molecular weight excluding hydrogens is 242 g/mol. The molecule has 1 aliphatic rings. The summed E-state index contributed by atoms with van der Waals surface area (Å²) in [4.78, 5) is 25.4. The van der Waals surface area contributed by atoms with Gasteiger partial charge in [-0.3, -0.25) is 14.9 Å². The average molecular weight is 261 g/mol. The van der Waals surface area contributed by atoms with Gasteiger partial charge in [0.25, 0.3) is 0 Å². The molecule has 5 nitrogen and oxygen atoms in total. The van der Waals surface area contributed by atoms with E-state index in [-0.39, 0.29) is 24.4 Å². The van der Waals surface area contributed by atoms with Crippen LogP contribution in [0.4, 0.5) is 5.69 Å². The molecule has 5 heteroatoms. The Labute approximate surface area is 113 Å². The summed E-state index contributed by atoms with van der Waals surface area (Å²) in [5, 5.41) is 5.68. The van der Waals surface area contributed by atoms with Gasteiger partial charge in [0.15, 0.2) is 0 Å². The maximum Gasteiger partial charge on any atom is 0.245 e. The first-order valence-corrected chi connectivity index (χ1v) is 6.50. The van der Waals surface area contributed by atoms with Gasteiger partial charge < -0.3 is 10.2 Å². The van der Waals surface area contributed by atoms with Gasteiger partial charge in [-0.25, -0.2) is 0 Å². The predicted molar refractivity (Wildman–Crippen MR) is 74.0 cm³/mol. The van der Waals surface area contributed by atoms with Gasteiger partial charge in [0.2, 0.25) is 11.8 Å². The van der Waals surface area contributed by atoms with Crippen molar-refractivity contribution in [3.05, 3.63) is 29.8 Å². The molecule has 1 aromatic carbocycles. The van der Waals surface area contributed by atoms with Crippen molar-refractivity contribution in [2.75, 3.05) is 24.5 Å². The fourth-order valence-electron chi connectivity index (χ4n) is 2.24. The van der Waals surface area contributed by atoms with Crippen molar-refractivity contribution >= 4 is 17.5 Å². The van der Waals surface area contributed by atoms with Gasteiger partial charge in [-0.1, -0.05) is 18.2 Å². The number of hydrogen-bond donors (Lipinski definition) is 2. The first kappa shape index (κ1) is 13.5. The molecule has 1 heterocycles. The van der Waals surface area contributed by atoms with Gasteiger partial charge in [-0.15, -0.1) is 0 Å². The Bertz CT molecular complexity index is 477. The lowest BCUT2D eigenvalue weighted by Crippen LogP contribution is -2.58. The zero-order valence-corrected chi connectivity index (χ0v) is 11.3. The van der Waals surface area contributed by atoms with E-state index in [9.17, 15) is 9.59 Å². The Kier molecular flexibility index (Phi) is 4.16. The van der Waals surface area contributed by atoms with Gasteiger partial charge >= 0.3 is 0 Å². The standard InChI is InChI=1S/C14H19N3O2/c1-3-17(12-7-5-4-6-10(12)2)14(19)11-8-16-13(18)9-15-11/h4-7,11,15H,3,8-9H2,1-2H3,(H,16,18). The Morgan fingerprint density at radius 3 is 2.74 bits per heavy atom. The molecule has 102 valence electrons. The molecule has 0 aliphatic carbocycles. The van der Waals surface area contributed by atoms with Crippen molar-refractivity contribution < 1.29 is 9.59 Å². The number of aryl methyl sites for hydroxylation is 1. The summed E-state index contributed by atoms with van der Waals surface area (Å²) in [6.07, 6.45) is 0. The fourth-order valence-corrected chi connectivity index (χ4v) is 2.24. The number of para-hydroxylation sites is 1. The molecule has 19 heavy (non-hydrogen) atoms. The topological polar surface area (TPSA) is 61.4 Å². The van der Waals surface area contributed by atoms with Crippen LogP contribution in [-0.4, -0.2) is 37.5 Å². The molecule has 0 bridgehead atoms. The van der Waals surface area contributed by atoms with Crippen LogP contribution in [0.2, 0.25) is 0 Å². The van der Waals surface area contributed by atoms with E-state index in [2.05, 4.69) is 10.6 Å². The molecule has 1 fully saturated rings. The normalized spacial score (nSPS) is 18.8. The van der Waals surface area contributed by atoms with Gasteiger partial charge in [0.1, 0.15) is 6.04 Å². The smallest absolute Gasteiger partial charge is 0.245 e.